The highest BCUT2D eigenvalue weighted by molar-refractivity contribution is 7.91. The topological polar surface area (TPSA) is 43.4 Å². The highest BCUT2D eigenvalue weighted by Gasteiger charge is 2.27. The molecule has 0 aromatic heterocycles. The van der Waals surface area contributed by atoms with Crippen molar-refractivity contribution in [1.29, 1.82) is 0 Å². The van der Waals surface area contributed by atoms with Crippen LogP contribution in [0.1, 0.15) is 26.3 Å². The van der Waals surface area contributed by atoms with Crippen molar-refractivity contribution in [2.45, 2.75) is 31.1 Å². The molecular formula is C14H20O3S. The third kappa shape index (κ3) is 2.93. The minimum absolute atomic E-state index is 0.0457. The molecule has 0 N–H and O–H groups in total. The molecule has 0 saturated carbocycles. The Morgan fingerprint density at radius 3 is 2.11 bits per heavy atom. The van der Waals surface area contributed by atoms with Crippen molar-refractivity contribution in [1.82, 2.24) is 0 Å². The molecular weight excluding hydrogens is 248 g/mol. The number of hydrogen-bond donors (Lipinski definition) is 0. The fourth-order valence-corrected chi connectivity index (χ4v) is 3.51. The average Bonchev–Trinajstić information content (AvgIpc) is 2.23. The Labute approximate surface area is 109 Å². The first-order chi connectivity index (χ1) is 8.29. The lowest BCUT2D eigenvalue weighted by Crippen LogP contribution is -2.33. The number of sulfone groups is 1. The molecule has 1 fully saturated rings. The SMILES string of the molecule is CC(C)(C)c1ccc(S(=O)(=O)CC2COC2)cc1. The molecule has 0 amide bonds. The van der Waals surface area contributed by atoms with Crippen molar-refractivity contribution < 1.29 is 13.2 Å². The molecule has 0 unspecified atom stereocenters. The van der Waals surface area contributed by atoms with E-state index in [4.69, 9.17) is 4.74 Å². The van der Waals surface area contributed by atoms with Crippen LogP contribution in [0.4, 0.5) is 0 Å². The van der Waals surface area contributed by atoms with Gasteiger partial charge < -0.3 is 4.74 Å². The summed E-state index contributed by atoms with van der Waals surface area (Å²) in [4.78, 5) is 0.419. The average molecular weight is 268 g/mol. The van der Waals surface area contributed by atoms with Crippen LogP contribution in [0.3, 0.4) is 0 Å². The first kappa shape index (κ1) is 13.6. The maximum atomic E-state index is 12.1. The van der Waals surface area contributed by atoms with Crippen molar-refractivity contribution in [3.05, 3.63) is 29.8 Å². The third-order valence-corrected chi connectivity index (χ3v) is 5.14. The summed E-state index contributed by atoms with van der Waals surface area (Å²) >= 11 is 0. The first-order valence-electron chi connectivity index (χ1n) is 6.20. The Morgan fingerprint density at radius 2 is 1.72 bits per heavy atom. The lowest BCUT2D eigenvalue weighted by Gasteiger charge is -2.25. The lowest BCUT2D eigenvalue weighted by atomic mass is 9.87. The monoisotopic (exact) mass is 268 g/mol. The largest absolute Gasteiger partial charge is 0.381 e. The Bertz CT molecular complexity index is 505. The molecule has 4 heteroatoms. The Hall–Kier alpha value is -0.870. The standard InChI is InChI=1S/C14H20O3S/c1-14(2,3)12-4-6-13(7-5-12)18(15,16)10-11-8-17-9-11/h4-7,11H,8-10H2,1-3H3. The molecule has 2 rings (SSSR count). The molecule has 100 valence electrons. The molecule has 0 atom stereocenters. The smallest absolute Gasteiger partial charge is 0.178 e. The van der Waals surface area contributed by atoms with Crippen LogP contribution < -0.4 is 0 Å². The van der Waals surface area contributed by atoms with Crippen LogP contribution in [0.15, 0.2) is 29.2 Å². The molecule has 0 radical (unpaired) electrons. The summed E-state index contributed by atoms with van der Waals surface area (Å²) in [7, 11) is -3.16. The van der Waals surface area contributed by atoms with Crippen LogP contribution in [-0.2, 0) is 20.0 Å². The van der Waals surface area contributed by atoms with Crippen molar-refractivity contribution in [2.24, 2.45) is 5.92 Å². The molecule has 1 heterocycles. The molecule has 1 aromatic rings. The minimum Gasteiger partial charge on any atom is -0.381 e. The summed E-state index contributed by atoms with van der Waals surface area (Å²) in [5.41, 5.74) is 1.19. The predicted octanol–water partition coefficient (Wildman–Crippen LogP) is 2.40. The second-order valence-electron chi connectivity index (χ2n) is 5.96. The van der Waals surface area contributed by atoms with E-state index in [2.05, 4.69) is 20.8 Å². The van der Waals surface area contributed by atoms with Gasteiger partial charge in [0.15, 0.2) is 9.84 Å². The van der Waals surface area contributed by atoms with Gasteiger partial charge in [0.25, 0.3) is 0 Å². The maximum Gasteiger partial charge on any atom is 0.178 e. The van der Waals surface area contributed by atoms with Crippen LogP contribution in [0.25, 0.3) is 0 Å². The minimum atomic E-state index is -3.16. The number of benzene rings is 1. The van der Waals surface area contributed by atoms with Gasteiger partial charge in [0.05, 0.1) is 23.9 Å². The normalized spacial score (nSPS) is 17.5. The lowest BCUT2D eigenvalue weighted by molar-refractivity contribution is -0.0204. The van der Waals surface area contributed by atoms with Crippen molar-refractivity contribution in [2.75, 3.05) is 19.0 Å². The van der Waals surface area contributed by atoms with E-state index in [1.807, 2.05) is 12.1 Å². The molecule has 1 aliphatic rings. The zero-order valence-electron chi connectivity index (χ0n) is 11.1. The molecule has 0 bridgehead atoms. The summed E-state index contributed by atoms with van der Waals surface area (Å²) in [6, 6.07) is 7.25. The van der Waals surface area contributed by atoms with Gasteiger partial charge in [-0.25, -0.2) is 8.42 Å². The summed E-state index contributed by atoms with van der Waals surface area (Å²) in [6.45, 7) is 7.48. The molecule has 1 aromatic carbocycles. The second-order valence-corrected chi connectivity index (χ2v) is 7.99. The zero-order valence-corrected chi connectivity index (χ0v) is 12.0. The molecule has 3 nitrogen and oxygen atoms in total. The van der Waals surface area contributed by atoms with Gasteiger partial charge in [0.2, 0.25) is 0 Å². The van der Waals surface area contributed by atoms with Gasteiger partial charge in [-0.05, 0) is 23.1 Å². The molecule has 1 saturated heterocycles. The van der Waals surface area contributed by atoms with Crippen LogP contribution in [0, 0.1) is 5.92 Å². The van der Waals surface area contributed by atoms with Crippen LogP contribution in [0.2, 0.25) is 0 Å². The van der Waals surface area contributed by atoms with Crippen LogP contribution in [0.5, 0.6) is 0 Å². The van der Waals surface area contributed by atoms with Gasteiger partial charge in [-0.2, -0.15) is 0 Å². The number of ether oxygens (including phenoxy) is 1. The summed E-state index contributed by atoms with van der Waals surface area (Å²) in [6.07, 6.45) is 0. The van der Waals surface area contributed by atoms with Crippen molar-refractivity contribution in [3.8, 4) is 0 Å². The van der Waals surface area contributed by atoms with Gasteiger partial charge in [0.1, 0.15) is 0 Å². The van der Waals surface area contributed by atoms with E-state index in [0.29, 0.717) is 18.1 Å². The highest BCUT2D eigenvalue weighted by Crippen LogP contribution is 2.25. The second kappa shape index (κ2) is 4.67. The molecule has 0 aliphatic carbocycles. The van der Waals surface area contributed by atoms with Gasteiger partial charge in [-0.3, -0.25) is 0 Å². The fraction of sp³-hybridized carbons (Fsp3) is 0.571. The van der Waals surface area contributed by atoms with E-state index in [-0.39, 0.29) is 17.1 Å². The van der Waals surface area contributed by atoms with Crippen LogP contribution in [-0.4, -0.2) is 27.4 Å². The summed E-state index contributed by atoms with van der Waals surface area (Å²) < 4.78 is 29.3. The van der Waals surface area contributed by atoms with E-state index in [1.54, 1.807) is 12.1 Å². The maximum absolute atomic E-state index is 12.1. The summed E-state index contributed by atoms with van der Waals surface area (Å²) in [5, 5.41) is 0. The zero-order chi connectivity index (χ0) is 13.4. The predicted molar refractivity (Wildman–Crippen MR) is 71.5 cm³/mol. The van der Waals surface area contributed by atoms with E-state index in [1.165, 1.54) is 0 Å². The van der Waals surface area contributed by atoms with Gasteiger partial charge in [0, 0.05) is 5.92 Å². The summed E-state index contributed by atoms with van der Waals surface area (Å²) in [5.74, 6) is 0.360. The van der Waals surface area contributed by atoms with E-state index < -0.39 is 9.84 Å². The molecule has 0 spiro atoms. The highest BCUT2D eigenvalue weighted by atomic mass is 32.2. The van der Waals surface area contributed by atoms with Crippen molar-refractivity contribution in [3.63, 3.8) is 0 Å². The Kier molecular flexibility index (Phi) is 3.52. The molecule has 1 aliphatic heterocycles. The first-order valence-corrected chi connectivity index (χ1v) is 7.85. The van der Waals surface area contributed by atoms with E-state index in [9.17, 15) is 8.42 Å². The van der Waals surface area contributed by atoms with Gasteiger partial charge in [-0.1, -0.05) is 32.9 Å². The number of rotatable bonds is 3. The fourth-order valence-electron chi connectivity index (χ4n) is 1.95. The van der Waals surface area contributed by atoms with E-state index in [0.717, 1.165) is 5.56 Å². The number of hydrogen-bond acceptors (Lipinski definition) is 3. The Balaban J connectivity index is 2.18. The molecule has 18 heavy (non-hydrogen) atoms. The quantitative estimate of drug-likeness (QED) is 0.845. The van der Waals surface area contributed by atoms with E-state index >= 15 is 0 Å². The third-order valence-electron chi connectivity index (χ3n) is 3.24. The van der Waals surface area contributed by atoms with Crippen LogP contribution >= 0.6 is 0 Å². The van der Waals surface area contributed by atoms with Gasteiger partial charge in [-0.15, -0.1) is 0 Å². The van der Waals surface area contributed by atoms with Crippen molar-refractivity contribution >= 4 is 9.84 Å². The van der Waals surface area contributed by atoms with Gasteiger partial charge >= 0.3 is 0 Å². The Morgan fingerprint density at radius 1 is 1.17 bits per heavy atom.